The Morgan fingerprint density at radius 3 is 2.69 bits per heavy atom. The van der Waals surface area contributed by atoms with Gasteiger partial charge in [-0.05, 0) is 12.8 Å². The lowest BCUT2D eigenvalue weighted by molar-refractivity contribution is -0.117. The van der Waals surface area contributed by atoms with Crippen molar-refractivity contribution in [1.29, 1.82) is 0 Å². The Morgan fingerprint density at radius 2 is 2.23 bits per heavy atom. The van der Waals surface area contributed by atoms with Gasteiger partial charge in [-0.3, -0.25) is 4.79 Å². The van der Waals surface area contributed by atoms with Crippen LogP contribution in [-0.4, -0.2) is 38.4 Å². The second-order valence-electron chi connectivity index (χ2n) is 3.23. The topological polar surface area (TPSA) is 89.3 Å². The van der Waals surface area contributed by atoms with Crippen LogP contribution in [0.4, 0.5) is 0 Å². The minimum absolute atomic E-state index is 0.0476. The largest absolute Gasteiger partial charge is 0.369 e. The van der Waals surface area contributed by atoms with Gasteiger partial charge in [-0.1, -0.05) is 0 Å². The first-order valence-electron chi connectivity index (χ1n) is 4.23. The molecule has 1 rings (SSSR count). The normalized spacial score (nSPS) is 26.0. The van der Waals surface area contributed by atoms with Crippen LogP contribution in [-0.2, 0) is 14.6 Å². The van der Waals surface area contributed by atoms with Crippen LogP contribution in [0.1, 0.15) is 12.8 Å². The van der Waals surface area contributed by atoms with E-state index in [1.54, 1.807) is 0 Å². The number of rotatable bonds is 4. The highest BCUT2D eigenvalue weighted by Crippen LogP contribution is 2.18. The molecule has 0 aliphatic carbocycles. The van der Waals surface area contributed by atoms with Gasteiger partial charge in [-0.25, -0.2) is 8.42 Å². The third-order valence-electron chi connectivity index (χ3n) is 2.13. The van der Waals surface area contributed by atoms with Crippen LogP contribution in [0.3, 0.4) is 0 Å². The lowest BCUT2D eigenvalue weighted by atomic mass is 10.2. The summed E-state index contributed by atoms with van der Waals surface area (Å²) in [6.45, 7) is 0.386. The van der Waals surface area contributed by atoms with Crippen molar-refractivity contribution < 1.29 is 13.2 Å². The number of hydrogen-bond acceptors (Lipinski definition) is 4. The zero-order valence-corrected chi connectivity index (χ0v) is 8.14. The van der Waals surface area contributed by atoms with Crippen LogP contribution in [0.5, 0.6) is 0 Å². The molecule has 6 heteroatoms. The number of amides is 1. The van der Waals surface area contributed by atoms with Gasteiger partial charge < -0.3 is 11.1 Å². The van der Waals surface area contributed by atoms with Gasteiger partial charge in [-0.15, -0.1) is 0 Å². The van der Waals surface area contributed by atoms with E-state index < -0.39 is 15.7 Å². The van der Waals surface area contributed by atoms with Crippen molar-refractivity contribution in [2.24, 2.45) is 5.73 Å². The first-order chi connectivity index (χ1) is 6.02. The van der Waals surface area contributed by atoms with E-state index in [9.17, 15) is 13.2 Å². The summed E-state index contributed by atoms with van der Waals surface area (Å²) in [5.41, 5.74) is 4.89. The Hall–Kier alpha value is -0.620. The number of primary amides is 1. The fraction of sp³-hybridized carbons (Fsp3) is 0.857. The summed E-state index contributed by atoms with van der Waals surface area (Å²) in [5.74, 6) is -0.189. The summed E-state index contributed by atoms with van der Waals surface area (Å²) in [4.78, 5) is 10.3. The molecule has 1 heterocycles. The highest BCUT2D eigenvalue weighted by molar-refractivity contribution is 7.92. The highest BCUT2D eigenvalue weighted by Gasteiger charge is 2.30. The van der Waals surface area contributed by atoms with Crippen molar-refractivity contribution in [2.75, 3.05) is 18.8 Å². The predicted octanol–water partition coefficient (Wildman–Crippen LogP) is -1.36. The summed E-state index contributed by atoms with van der Waals surface area (Å²) in [6.07, 6.45) is 1.42. The lowest BCUT2D eigenvalue weighted by Crippen LogP contribution is -2.36. The highest BCUT2D eigenvalue weighted by atomic mass is 32.2. The zero-order valence-electron chi connectivity index (χ0n) is 7.32. The van der Waals surface area contributed by atoms with Crippen molar-refractivity contribution in [3.05, 3.63) is 0 Å². The van der Waals surface area contributed by atoms with Crippen LogP contribution in [0.25, 0.3) is 0 Å². The van der Waals surface area contributed by atoms with Crippen LogP contribution in [0, 0.1) is 0 Å². The molecule has 0 aromatic rings. The molecule has 5 nitrogen and oxygen atoms in total. The van der Waals surface area contributed by atoms with E-state index in [2.05, 4.69) is 5.32 Å². The number of carbonyl (C=O) groups excluding carboxylic acids is 1. The van der Waals surface area contributed by atoms with Gasteiger partial charge in [-0.2, -0.15) is 0 Å². The van der Waals surface area contributed by atoms with Crippen molar-refractivity contribution >= 4 is 15.7 Å². The fourth-order valence-corrected chi connectivity index (χ4v) is 3.24. The van der Waals surface area contributed by atoms with E-state index in [-0.39, 0.29) is 17.5 Å². The summed E-state index contributed by atoms with van der Waals surface area (Å²) in [7, 11) is -2.90. The quantitative estimate of drug-likeness (QED) is 0.594. The second kappa shape index (κ2) is 4.06. The average Bonchev–Trinajstić information content (AvgIpc) is 2.30. The van der Waals surface area contributed by atoms with E-state index >= 15 is 0 Å². The molecule has 0 aromatic carbocycles. The number of sulfone groups is 1. The Bertz CT molecular complexity index is 286. The van der Waals surface area contributed by atoms with Gasteiger partial charge >= 0.3 is 0 Å². The molecule has 1 fully saturated rings. The fourth-order valence-electron chi connectivity index (χ4n) is 1.44. The molecule has 3 N–H and O–H groups in total. The number of nitrogens with two attached hydrogens (primary N) is 1. The van der Waals surface area contributed by atoms with Crippen LogP contribution in [0.2, 0.25) is 0 Å². The molecule has 1 saturated heterocycles. The summed E-state index contributed by atoms with van der Waals surface area (Å²) < 4.78 is 22.6. The van der Waals surface area contributed by atoms with Gasteiger partial charge in [0.15, 0.2) is 9.84 Å². The maximum Gasteiger partial charge on any atom is 0.231 e. The molecule has 0 bridgehead atoms. The number of hydrogen-bond donors (Lipinski definition) is 2. The predicted molar refractivity (Wildman–Crippen MR) is 48.9 cm³/mol. The monoisotopic (exact) mass is 206 g/mol. The Morgan fingerprint density at radius 1 is 1.54 bits per heavy atom. The molecule has 0 spiro atoms. The minimum atomic E-state index is -2.90. The minimum Gasteiger partial charge on any atom is -0.369 e. The molecule has 0 aromatic heterocycles. The molecule has 1 aliphatic rings. The van der Waals surface area contributed by atoms with Gasteiger partial charge in [0.2, 0.25) is 5.91 Å². The van der Waals surface area contributed by atoms with Crippen molar-refractivity contribution in [3.8, 4) is 0 Å². The zero-order chi connectivity index (χ0) is 9.90. The molecule has 1 aliphatic heterocycles. The molecule has 1 atom stereocenters. The van der Waals surface area contributed by atoms with Crippen LogP contribution < -0.4 is 11.1 Å². The van der Waals surface area contributed by atoms with Gasteiger partial charge in [0.1, 0.15) is 0 Å². The lowest BCUT2D eigenvalue weighted by Gasteiger charge is -2.08. The number of nitrogens with one attached hydrogen (secondary N) is 1. The Labute approximate surface area is 77.6 Å². The standard InChI is InChI=1S/C7H14N2O3S/c8-7(10)5-9-4-6-2-1-3-13(6,11)12/h6,9H,1-5H2,(H2,8,10). The third-order valence-corrected chi connectivity index (χ3v) is 4.41. The van der Waals surface area contributed by atoms with Gasteiger partial charge in [0.25, 0.3) is 0 Å². The summed E-state index contributed by atoms with van der Waals surface area (Å²) in [6, 6.07) is 0. The van der Waals surface area contributed by atoms with E-state index in [1.165, 1.54) is 0 Å². The molecule has 1 unspecified atom stereocenters. The van der Waals surface area contributed by atoms with E-state index in [0.717, 1.165) is 6.42 Å². The van der Waals surface area contributed by atoms with E-state index in [0.29, 0.717) is 13.0 Å². The maximum absolute atomic E-state index is 11.3. The third kappa shape index (κ3) is 2.96. The molecular formula is C7H14N2O3S. The second-order valence-corrected chi connectivity index (χ2v) is 5.63. The molecule has 13 heavy (non-hydrogen) atoms. The Kier molecular flexibility index (Phi) is 3.27. The van der Waals surface area contributed by atoms with Gasteiger partial charge in [0, 0.05) is 6.54 Å². The van der Waals surface area contributed by atoms with E-state index in [4.69, 9.17) is 5.73 Å². The average molecular weight is 206 g/mol. The smallest absolute Gasteiger partial charge is 0.231 e. The van der Waals surface area contributed by atoms with Crippen molar-refractivity contribution in [3.63, 3.8) is 0 Å². The molecule has 1 amide bonds. The van der Waals surface area contributed by atoms with Crippen molar-refractivity contribution in [2.45, 2.75) is 18.1 Å². The SMILES string of the molecule is NC(=O)CNCC1CCCS1(=O)=O. The summed E-state index contributed by atoms with van der Waals surface area (Å²) in [5, 5.41) is 2.40. The first kappa shape index (κ1) is 10.5. The van der Waals surface area contributed by atoms with Crippen LogP contribution >= 0.6 is 0 Å². The molecule has 0 saturated carbocycles. The van der Waals surface area contributed by atoms with E-state index in [1.807, 2.05) is 0 Å². The molecule has 0 radical (unpaired) electrons. The Balaban J connectivity index is 2.33. The molecular weight excluding hydrogens is 192 g/mol. The van der Waals surface area contributed by atoms with Crippen molar-refractivity contribution in [1.82, 2.24) is 5.32 Å². The maximum atomic E-state index is 11.3. The van der Waals surface area contributed by atoms with Crippen LogP contribution in [0.15, 0.2) is 0 Å². The summed E-state index contributed by atoms with van der Waals surface area (Å²) >= 11 is 0. The van der Waals surface area contributed by atoms with Gasteiger partial charge in [0.05, 0.1) is 17.5 Å². The number of carbonyl (C=O) groups is 1. The molecule has 76 valence electrons. The first-order valence-corrected chi connectivity index (χ1v) is 5.94.